The van der Waals surface area contributed by atoms with Crippen molar-refractivity contribution in [3.63, 3.8) is 0 Å². The van der Waals surface area contributed by atoms with Crippen LogP contribution < -0.4 is 11.1 Å². The SMILES string of the molecule is Nc1nnc(CNc2ccccn2)o1. The lowest BCUT2D eigenvalue weighted by atomic mass is 10.4. The average molecular weight is 191 g/mol. The van der Waals surface area contributed by atoms with Crippen molar-refractivity contribution in [2.75, 3.05) is 11.1 Å². The molecule has 0 amide bonds. The summed E-state index contributed by atoms with van der Waals surface area (Å²) in [4.78, 5) is 4.07. The number of rotatable bonds is 3. The molecule has 0 aromatic carbocycles. The van der Waals surface area contributed by atoms with Gasteiger partial charge >= 0.3 is 6.01 Å². The Balaban J connectivity index is 1.95. The fraction of sp³-hybridized carbons (Fsp3) is 0.125. The van der Waals surface area contributed by atoms with E-state index in [-0.39, 0.29) is 6.01 Å². The normalized spacial score (nSPS) is 10.0. The number of pyridine rings is 1. The zero-order valence-corrected chi connectivity index (χ0v) is 7.34. The summed E-state index contributed by atoms with van der Waals surface area (Å²) in [5.41, 5.74) is 5.26. The molecule has 0 saturated carbocycles. The summed E-state index contributed by atoms with van der Waals surface area (Å²) in [7, 11) is 0. The van der Waals surface area contributed by atoms with Crippen LogP contribution in [0.1, 0.15) is 5.89 Å². The van der Waals surface area contributed by atoms with E-state index in [9.17, 15) is 0 Å². The number of hydrogen-bond donors (Lipinski definition) is 2. The summed E-state index contributed by atoms with van der Waals surface area (Å²) in [6.07, 6.45) is 1.70. The molecule has 0 unspecified atom stereocenters. The van der Waals surface area contributed by atoms with Gasteiger partial charge in [-0.15, -0.1) is 5.10 Å². The third-order valence-corrected chi connectivity index (χ3v) is 1.57. The van der Waals surface area contributed by atoms with Gasteiger partial charge in [-0.05, 0) is 12.1 Å². The molecule has 0 fully saturated rings. The molecular weight excluding hydrogens is 182 g/mol. The van der Waals surface area contributed by atoms with E-state index in [0.717, 1.165) is 5.82 Å². The molecule has 14 heavy (non-hydrogen) atoms. The van der Waals surface area contributed by atoms with Gasteiger partial charge < -0.3 is 15.5 Å². The van der Waals surface area contributed by atoms with Crippen molar-refractivity contribution in [3.05, 3.63) is 30.3 Å². The van der Waals surface area contributed by atoms with Gasteiger partial charge in [0.05, 0.1) is 6.54 Å². The maximum atomic E-state index is 5.26. The molecule has 0 atom stereocenters. The van der Waals surface area contributed by atoms with Crippen LogP contribution in [0.2, 0.25) is 0 Å². The van der Waals surface area contributed by atoms with Gasteiger partial charge in [0.25, 0.3) is 0 Å². The smallest absolute Gasteiger partial charge is 0.312 e. The minimum absolute atomic E-state index is 0.0721. The summed E-state index contributed by atoms with van der Waals surface area (Å²) in [6.45, 7) is 0.418. The van der Waals surface area contributed by atoms with Crippen molar-refractivity contribution < 1.29 is 4.42 Å². The zero-order valence-electron chi connectivity index (χ0n) is 7.34. The van der Waals surface area contributed by atoms with Crippen LogP contribution in [0.4, 0.5) is 11.8 Å². The van der Waals surface area contributed by atoms with E-state index in [0.29, 0.717) is 12.4 Å². The Labute approximate surface area is 80.2 Å². The first-order valence-electron chi connectivity index (χ1n) is 4.07. The van der Waals surface area contributed by atoms with Crippen LogP contribution in [0.5, 0.6) is 0 Å². The highest BCUT2D eigenvalue weighted by molar-refractivity contribution is 5.33. The summed E-state index contributed by atoms with van der Waals surface area (Å²) in [5, 5.41) is 10.2. The summed E-state index contributed by atoms with van der Waals surface area (Å²) in [5.74, 6) is 1.19. The third kappa shape index (κ3) is 1.98. The first-order chi connectivity index (χ1) is 6.84. The van der Waals surface area contributed by atoms with Crippen LogP contribution in [0.25, 0.3) is 0 Å². The van der Waals surface area contributed by atoms with Gasteiger partial charge in [-0.1, -0.05) is 11.2 Å². The molecule has 0 aliphatic rings. The molecule has 6 nitrogen and oxygen atoms in total. The Morgan fingerprint density at radius 3 is 2.93 bits per heavy atom. The number of aromatic nitrogens is 3. The number of nitrogen functional groups attached to an aromatic ring is 1. The first kappa shape index (κ1) is 8.49. The van der Waals surface area contributed by atoms with Gasteiger partial charge in [0.2, 0.25) is 5.89 Å². The van der Waals surface area contributed by atoms with Crippen LogP contribution in [0.15, 0.2) is 28.8 Å². The van der Waals surface area contributed by atoms with E-state index in [2.05, 4.69) is 20.5 Å². The Hall–Kier alpha value is -2.11. The lowest BCUT2D eigenvalue weighted by Crippen LogP contribution is -2.00. The second-order valence-electron chi connectivity index (χ2n) is 2.60. The van der Waals surface area contributed by atoms with Crippen LogP contribution in [-0.4, -0.2) is 15.2 Å². The lowest BCUT2D eigenvalue weighted by Gasteiger charge is -1.99. The molecule has 2 aromatic heterocycles. The monoisotopic (exact) mass is 191 g/mol. The number of nitrogens with zero attached hydrogens (tertiary/aromatic N) is 3. The number of nitrogens with one attached hydrogen (secondary N) is 1. The van der Waals surface area contributed by atoms with E-state index in [4.69, 9.17) is 10.2 Å². The van der Waals surface area contributed by atoms with Gasteiger partial charge in [-0.2, -0.15) is 0 Å². The molecule has 0 aliphatic carbocycles. The van der Waals surface area contributed by atoms with Crippen LogP contribution >= 0.6 is 0 Å². The van der Waals surface area contributed by atoms with E-state index in [1.807, 2.05) is 18.2 Å². The third-order valence-electron chi connectivity index (χ3n) is 1.57. The van der Waals surface area contributed by atoms with Gasteiger partial charge in [0, 0.05) is 6.20 Å². The van der Waals surface area contributed by atoms with E-state index in [1.165, 1.54) is 0 Å². The predicted molar refractivity (Wildman–Crippen MR) is 50.3 cm³/mol. The summed E-state index contributed by atoms with van der Waals surface area (Å²) in [6, 6.07) is 5.65. The molecular formula is C8H9N5O. The zero-order chi connectivity index (χ0) is 9.80. The Morgan fingerprint density at radius 2 is 2.29 bits per heavy atom. The summed E-state index contributed by atoms with van der Waals surface area (Å²) >= 11 is 0. The van der Waals surface area contributed by atoms with Crippen molar-refractivity contribution in [1.29, 1.82) is 0 Å². The number of nitrogens with two attached hydrogens (primary N) is 1. The second kappa shape index (κ2) is 3.73. The molecule has 6 heteroatoms. The highest BCUT2D eigenvalue weighted by Gasteiger charge is 2.01. The van der Waals surface area contributed by atoms with Crippen LogP contribution in [0, 0.1) is 0 Å². The van der Waals surface area contributed by atoms with Crippen LogP contribution in [0.3, 0.4) is 0 Å². The molecule has 72 valence electrons. The maximum absolute atomic E-state index is 5.26. The summed E-state index contributed by atoms with van der Waals surface area (Å²) < 4.78 is 4.97. The fourth-order valence-electron chi connectivity index (χ4n) is 0.972. The lowest BCUT2D eigenvalue weighted by molar-refractivity contribution is 0.519. The number of hydrogen-bond acceptors (Lipinski definition) is 6. The molecule has 3 N–H and O–H groups in total. The topological polar surface area (TPSA) is 89.9 Å². The minimum atomic E-state index is 0.0721. The molecule has 0 aliphatic heterocycles. The maximum Gasteiger partial charge on any atom is 0.312 e. The largest absolute Gasteiger partial charge is 0.406 e. The van der Waals surface area contributed by atoms with E-state index < -0.39 is 0 Å². The van der Waals surface area contributed by atoms with Crippen molar-refractivity contribution in [3.8, 4) is 0 Å². The molecule has 0 saturated heterocycles. The molecule has 2 rings (SSSR count). The predicted octanol–water partition coefficient (Wildman–Crippen LogP) is 0.659. The van der Waals surface area contributed by atoms with Crippen molar-refractivity contribution in [2.45, 2.75) is 6.54 Å². The van der Waals surface area contributed by atoms with E-state index >= 15 is 0 Å². The highest BCUT2D eigenvalue weighted by Crippen LogP contribution is 2.04. The average Bonchev–Trinajstić information content (AvgIpc) is 2.63. The molecule has 0 radical (unpaired) electrons. The molecule has 0 spiro atoms. The van der Waals surface area contributed by atoms with Crippen LogP contribution in [-0.2, 0) is 6.54 Å². The Morgan fingerprint density at radius 1 is 1.36 bits per heavy atom. The highest BCUT2D eigenvalue weighted by atomic mass is 16.4. The standard InChI is InChI=1S/C8H9N5O/c9-8-13-12-7(14-8)5-11-6-3-1-2-4-10-6/h1-4H,5H2,(H2,9,13)(H,10,11). The fourth-order valence-corrected chi connectivity index (χ4v) is 0.972. The van der Waals surface area contributed by atoms with Crippen molar-refractivity contribution in [2.24, 2.45) is 0 Å². The first-order valence-corrected chi connectivity index (χ1v) is 4.07. The molecule has 0 bridgehead atoms. The van der Waals surface area contributed by atoms with Crippen molar-refractivity contribution in [1.82, 2.24) is 15.2 Å². The van der Waals surface area contributed by atoms with Gasteiger partial charge in [0.15, 0.2) is 0 Å². The second-order valence-corrected chi connectivity index (χ2v) is 2.60. The number of anilines is 2. The van der Waals surface area contributed by atoms with Gasteiger partial charge in [0.1, 0.15) is 5.82 Å². The molecule has 2 aromatic rings. The van der Waals surface area contributed by atoms with Crippen molar-refractivity contribution >= 4 is 11.8 Å². The minimum Gasteiger partial charge on any atom is -0.406 e. The van der Waals surface area contributed by atoms with E-state index in [1.54, 1.807) is 6.20 Å². The Kier molecular flexibility index (Phi) is 2.26. The quantitative estimate of drug-likeness (QED) is 0.740. The molecule has 2 heterocycles. The Bertz CT molecular complexity index is 399. The van der Waals surface area contributed by atoms with Gasteiger partial charge in [-0.25, -0.2) is 4.98 Å². The van der Waals surface area contributed by atoms with Gasteiger partial charge in [-0.3, -0.25) is 0 Å².